The van der Waals surface area contributed by atoms with Gasteiger partial charge in [0.15, 0.2) is 0 Å². The molecule has 1 rings (SSSR count). The molecule has 13 heavy (non-hydrogen) atoms. The van der Waals surface area contributed by atoms with Gasteiger partial charge in [-0.15, -0.1) is 0 Å². The Balaban J connectivity index is 2.94. The SMILES string of the molecule is C[Si](C)(C)Oc1cc(Br)ccc1N. The molecule has 0 spiro atoms. The first-order valence-corrected chi connectivity index (χ1v) is 8.33. The number of hydrogen-bond acceptors (Lipinski definition) is 2. The number of halogens is 1. The molecule has 0 aliphatic rings. The van der Waals surface area contributed by atoms with Gasteiger partial charge in [0.25, 0.3) is 0 Å². The second-order valence-corrected chi connectivity index (χ2v) is 9.24. The molecular weight excluding hydrogens is 246 g/mol. The van der Waals surface area contributed by atoms with Gasteiger partial charge in [-0.2, -0.15) is 0 Å². The molecule has 1 aromatic carbocycles. The van der Waals surface area contributed by atoms with Crippen molar-refractivity contribution in [1.82, 2.24) is 0 Å². The topological polar surface area (TPSA) is 35.2 Å². The Bertz CT molecular complexity index is 309. The van der Waals surface area contributed by atoms with E-state index in [4.69, 9.17) is 10.2 Å². The summed E-state index contributed by atoms with van der Waals surface area (Å²) in [5.41, 5.74) is 6.47. The Hall–Kier alpha value is -0.483. The fourth-order valence-corrected chi connectivity index (χ4v) is 2.10. The van der Waals surface area contributed by atoms with Crippen molar-refractivity contribution in [2.75, 3.05) is 5.73 Å². The van der Waals surface area contributed by atoms with Crippen molar-refractivity contribution in [1.29, 1.82) is 0 Å². The highest BCUT2D eigenvalue weighted by atomic mass is 79.9. The van der Waals surface area contributed by atoms with Crippen molar-refractivity contribution < 1.29 is 4.43 Å². The number of hydrogen-bond donors (Lipinski definition) is 1. The molecule has 0 amide bonds. The van der Waals surface area contributed by atoms with Crippen LogP contribution in [0.25, 0.3) is 0 Å². The maximum atomic E-state index is 5.80. The van der Waals surface area contributed by atoms with Crippen molar-refractivity contribution >= 4 is 29.9 Å². The third-order valence-electron chi connectivity index (χ3n) is 1.39. The lowest BCUT2D eigenvalue weighted by Crippen LogP contribution is -2.29. The molecule has 0 aliphatic carbocycles. The monoisotopic (exact) mass is 259 g/mol. The van der Waals surface area contributed by atoms with E-state index in [-0.39, 0.29) is 0 Å². The highest BCUT2D eigenvalue weighted by Crippen LogP contribution is 2.27. The van der Waals surface area contributed by atoms with Gasteiger partial charge in [-0.1, -0.05) is 15.9 Å². The van der Waals surface area contributed by atoms with E-state index in [1.807, 2.05) is 18.2 Å². The Kier molecular flexibility index (Phi) is 3.03. The van der Waals surface area contributed by atoms with Crippen LogP contribution in [0.3, 0.4) is 0 Å². The Morgan fingerprint density at radius 3 is 2.46 bits per heavy atom. The van der Waals surface area contributed by atoms with Crippen LogP contribution in [0.1, 0.15) is 0 Å². The molecule has 0 heterocycles. The molecule has 2 N–H and O–H groups in total. The maximum absolute atomic E-state index is 5.80. The molecule has 0 saturated heterocycles. The zero-order valence-electron chi connectivity index (χ0n) is 8.10. The largest absolute Gasteiger partial charge is 0.543 e. The highest BCUT2D eigenvalue weighted by Gasteiger charge is 2.17. The summed E-state index contributed by atoms with van der Waals surface area (Å²) in [6.45, 7) is 6.40. The van der Waals surface area contributed by atoms with E-state index in [9.17, 15) is 0 Å². The Labute approximate surface area is 88.4 Å². The average Bonchev–Trinajstić information content (AvgIpc) is 1.94. The molecule has 0 aliphatic heterocycles. The second-order valence-electron chi connectivity index (χ2n) is 3.90. The highest BCUT2D eigenvalue weighted by molar-refractivity contribution is 9.10. The van der Waals surface area contributed by atoms with Crippen molar-refractivity contribution in [3.8, 4) is 5.75 Å². The molecule has 0 aromatic heterocycles. The van der Waals surface area contributed by atoms with E-state index >= 15 is 0 Å². The predicted molar refractivity (Wildman–Crippen MR) is 62.5 cm³/mol. The van der Waals surface area contributed by atoms with Crippen molar-refractivity contribution in [3.63, 3.8) is 0 Å². The van der Waals surface area contributed by atoms with Gasteiger partial charge in [0.05, 0.1) is 5.69 Å². The molecule has 72 valence electrons. The third-order valence-corrected chi connectivity index (χ3v) is 2.72. The van der Waals surface area contributed by atoms with Gasteiger partial charge in [-0.25, -0.2) is 0 Å². The zero-order chi connectivity index (χ0) is 10.1. The molecule has 2 nitrogen and oxygen atoms in total. The molecule has 0 radical (unpaired) electrons. The van der Waals surface area contributed by atoms with Gasteiger partial charge in [0.2, 0.25) is 8.32 Å². The number of rotatable bonds is 2. The molecule has 0 bridgehead atoms. The first kappa shape index (κ1) is 10.6. The Morgan fingerprint density at radius 1 is 1.31 bits per heavy atom. The zero-order valence-corrected chi connectivity index (χ0v) is 10.7. The van der Waals surface area contributed by atoms with E-state index in [1.165, 1.54) is 0 Å². The molecule has 4 heteroatoms. The summed E-state index contributed by atoms with van der Waals surface area (Å²) >= 11 is 3.38. The summed E-state index contributed by atoms with van der Waals surface area (Å²) in [7, 11) is -1.55. The van der Waals surface area contributed by atoms with E-state index < -0.39 is 8.32 Å². The Morgan fingerprint density at radius 2 is 1.92 bits per heavy atom. The van der Waals surface area contributed by atoms with E-state index in [0.717, 1.165) is 10.2 Å². The molecular formula is C9H14BrNOSi. The summed E-state index contributed by atoms with van der Waals surface area (Å²) in [5, 5.41) is 0. The van der Waals surface area contributed by atoms with Crippen LogP contribution in [-0.4, -0.2) is 8.32 Å². The smallest absolute Gasteiger partial charge is 0.242 e. The minimum Gasteiger partial charge on any atom is -0.543 e. The summed E-state index contributed by atoms with van der Waals surface area (Å²) < 4.78 is 6.79. The van der Waals surface area contributed by atoms with Crippen LogP contribution in [0.2, 0.25) is 19.6 Å². The fraction of sp³-hybridized carbons (Fsp3) is 0.333. The van der Waals surface area contributed by atoms with Crippen molar-refractivity contribution in [2.24, 2.45) is 0 Å². The standard InChI is InChI=1S/C9H14BrNOSi/c1-13(2,3)12-9-6-7(10)4-5-8(9)11/h4-6H,11H2,1-3H3. The van der Waals surface area contributed by atoms with E-state index in [0.29, 0.717) is 5.69 Å². The van der Waals surface area contributed by atoms with Crippen molar-refractivity contribution in [3.05, 3.63) is 22.7 Å². The normalized spacial score (nSPS) is 11.4. The van der Waals surface area contributed by atoms with Crippen LogP contribution >= 0.6 is 15.9 Å². The van der Waals surface area contributed by atoms with Gasteiger partial charge in [-0.05, 0) is 37.8 Å². The molecule has 0 atom stereocenters. The minimum absolute atomic E-state index is 0.700. The van der Waals surface area contributed by atoms with Crippen LogP contribution in [0.4, 0.5) is 5.69 Å². The van der Waals surface area contributed by atoms with Crippen LogP contribution in [0, 0.1) is 0 Å². The van der Waals surface area contributed by atoms with Gasteiger partial charge >= 0.3 is 0 Å². The number of nitrogens with two attached hydrogens (primary N) is 1. The lowest BCUT2D eigenvalue weighted by Gasteiger charge is -2.20. The molecule has 1 aromatic rings. The van der Waals surface area contributed by atoms with E-state index in [1.54, 1.807) is 0 Å². The van der Waals surface area contributed by atoms with Crippen LogP contribution in [0.5, 0.6) is 5.75 Å². The fourth-order valence-electron chi connectivity index (χ4n) is 0.926. The number of nitrogen functional groups attached to an aromatic ring is 1. The lowest BCUT2D eigenvalue weighted by atomic mass is 10.3. The number of anilines is 1. The van der Waals surface area contributed by atoms with E-state index in [2.05, 4.69) is 35.6 Å². The van der Waals surface area contributed by atoms with Crippen molar-refractivity contribution in [2.45, 2.75) is 19.6 Å². The predicted octanol–water partition coefficient (Wildman–Crippen LogP) is 3.25. The second kappa shape index (κ2) is 3.72. The molecule has 0 unspecified atom stereocenters. The van der Waals surface area contributed by atoms with Gasteiger partial charge in [-0.3, -0.25) is 0 Å². The summed E-state index contributed by atoms with van der Waals surface area (Å²) in [6, 6.07) is 5.67. The lowest BCUT2D eigenvalue weighted by molar-refractivity contribution is 0.560. The quantitative estimate of drug-likeness (QED) is 0.654. The first-order chi connectivity index (χ1) is 5.88. The number of benzene rings is 1. The average molecular weight is 260 g/mol. The maximum Gasteiger partial charge on any atom is 0.242 e. The van der Waals surface area contributed by atoms with Crippen LogP contribution < -0.4 is 10.2 Å². The summed E-state index contributed by atoms with van der Waals surface area (Å²) in [4.78, 5) is 0. The van der Waals surface area contributed by atoms with Crippen LogP contribution in [-0.2, 0) is 0 Å². The third kappa shape index (κ3) is 3.40. The van der Waals surface area contributed by atoms with Gasteiger partial charge in [0, 0.05) is 4.47 Å². The molecule has 0 saturated carbocycles. The summed E-state index contributed by atoms with van der Waals surface area (Å²) in [6.07, 6.45) is 0. The minimum atomic E-state index is -1.55. The molecule has 0 fully saturated rings. The summed E-state index contributed by atoms with van der Waals surface area (Å²) in [5.74, 6) is 0.786. The van der Waals surface area contributed by atoms with Crippen LogP contribution in [0.15, 0.2) is 22.7 Å². The van der Waals surface area contributed by atoms with Gasteiger partial charge in [0.1, 0.15) is 5.75 Å². The first-order valence-electron chi connectivity index (χ1n) is 4.12. The van der Waals surface area contributed by atoms with Gasteiger partial charge < -0.3 is 10.2 Å².